The highest BCUT2D eigenvalue weighted by Gasteiger charge is 2.36. The first-order valence-electron chi connectivity index (χ1n) is 7.49. The molecule has 3 N–H and O–H groups in total. The first kappa shape index (κ1) is 14.3. The van der Waals surface area contributed by atoms with Crippen LogP contribution in [0.25, 0.3) is 0 Å². The number of hydrogen-bond acceptors (Lipinski definition) is 3. The number of carbonyl (C=O) groups is 1. The molecule has 1 aromatic rings. The third kappa shape index (κ3) is 2.75. The highest BCUT2D eigenvalue weighted by molar-refractivity contribution is 7.80. The molecule has 1 saturated carbocycles. The zero-order chi connectivity index (χ0) is 14.9. The number of hydrogen-bond donors (Lipinski definition) is 2. The van der Waals surface area contributed by atoms with Gasteiger partial charge in [-0.1, -0.05) is 31.5 Å². The predicted octanol–water partition coefficient (Wildman–Crippen LogP) is 2.34. The number of nitrogens with one attached hydrogen (secondary N) is 1. The number of nitrogens with two attached hydrogens (primary N) is 1. The minimum Gasteiger partial charge on any atom is -0.493 e. The molecule has 5 heteroatoms. The molecule has 1 aliphatic heterocycles. The second-order valence-corrected chi connectivity index (χ2v) is 6.32. The Balaban J connectivity index is 1.80. The molecule has 0 unspecified atom stereocenters. The van der Waals surface area contributed by atoms with Crippen molar-refractivity contribution in [3.8, 4) is 5.75 Å². The molecule has 0 aromatic heterocycles. The molecule has 2 aliphatic rings. The number of rotatable bonds is 3. The van der Waals surface area contributed by atoms with Crippen molar-refractivity contribution in [1.29, 1.82) is 0 Å². The first-order valence-corrected chi connectivity index (χ1v) is 7.90. The van der Waals surface area contributed by atoms with E-state index < -0.39 is 5.54 Å². The van der Waals surface area contributed by atoms with Gasteiger partial charge in [-0.3, -0.25) is 4.79 Å². The van der Waals surface area contributed by atoms with Crippen LogP contribution in [0, 0.1) is 0 Å². The lowest BCUT2D eigenvalue weighted by Crippen LogP contribution is -2.57. The third-order valence-electron chi connectivity index (χ3n) is 4.48. The molecule has 1 aromatic carbocycles. The lowest BCUT2D eigenvalue weighted by Gasteiger charge is -2.37. The van der Waals surface area contributed by atoms with Crippen molar-refractivity contribution < 1.29 is 9.53 Å². The monoisotopic (exact) mass is 304 g/mol. The molecule has 3 rings (SSSR count). The maximum atomic E-state index is 12.6. The minimum atomic E-state index is -0.514. The zero-order valence-electron chi connectivity index (χ0n) is 12.0. The van der Waals surface area contributed by atoms with E-state index >= 15 is 0 Å². The SMILES string of the molecule is NC(=S)C1(NC(=O)c2ccc3c(c2)CCO3)CCCCC1. The van der Waals surface area contributed by atoms with Gasteiger partial charge in [0, 0.05) is 12.0 Å². The number of ether oxygens (including phenoxy) is 1. The summed E-state index contributed by atoms with van der Waals surface area (Å²) >= 11 is 5.22. The zero-order valence-corrected chi connectivity index (χ0v) is 12.8. The van der Waals surface area contributed by atoms with Gasteiger partial charge in [0.15, 0.2) is 0 Å². The standard InChI is InChI=1S/C16H20N2O2S/c17-15(21)16(7-2-1-3-8-16)18-14(19)12-4-5-13-11(10-12)6-9-20-13/h4-5,10H,1-3,6-9H2,(H2,17,21)(H,18,19). The van der Waals surface area contributed by atoms with Crippen LogP contribution in [0.3, 0.4) is 0 Å². The number of carbonyl (C=O) groups excluding carboxylic acids is 1. The van der Waals surface area contributed by atoms with Crippen molar-refractivity contribution in [1.82, 2.24) is 5.32 Å². The van der Waals surface area contributed by atoms with Gasteiger partial charge in [0.25, 0.3) is 5.91 Å². The Morgan fingerprint density at radius 3 is 2.76 bits per heavy atom. The molecule has 0 atom stereocenters. The van der Waals surface area contributed by atoms with Crippen LogP contribution in [-0.2, 0) is 6.42 Å². The number of benzene rings is 1. The molecule has 1 amide bonds. The predicted molar refractivity (Wildman–Crippen MR) is 85.7 cm³/mol. The fraction of sp³-hybridized carbons (Fsp3) is 0.500. The minimum absolute atomic E-state index is 0.0978. The molecule has 0 bridgehead atoms. The Hall–Kier alpha value is -1.62. The average molecular weight is 304 g/mol. The van der Waals surface area contributed by atoms with Crippen LogP contribution in [0.2, 0.25) is 0 Å². The van der Waals surface area contributed by atoms with Crippen molar-refractivity contribution in [2.24, 2.45) is 5.73 Å². The van der Waals surface area contributed by atoms with E-state index in [1.807, 2.05) is 12.1 Å². The highest BCUT2D eigenvalue weighted by Crippen LogP contribution is 2.30. The molecule has 0 spiro atoms. The van der Waals surface area contributed by atoms with Crippen LogP contribution in [0.5, 0.6) is 5.75 Å². The van der Waals surface area contributed by atoms with Crippen molar-refractivity contribution >= 4 is 23.1 Å². The van der Waals surface area contributed by atoms with Crippen LogP contribution in [0.4, 0.5) is 0 Å². The summed E-state index contributed by atoms with van der Waals surface area (Å²) < 4.78 is 5.47. The second kappa shape index (κ2) is 5.64. The summed E-state index contributed by atoms with van der Waals surface area (Å²) in [7, 11) is 0. The Labute approximate surface area is 130 Å². The normalized spacial score (nSPS) is 19.4. The molecule has 1 heterocycles. The summed E-state index contributed by atoms with van der Waals surface area (Å²) in [6.45, 7) is 0.692. The van der Waals surface area contributed by atoms with E-state index in [-0.39, 0.29) is 5.91 Å². The summed E-state index contributed by atoms with van der Waals surface area (Å²) in [6, 6.07) is 5.58. The van der Waals surface area contributed by atoms with E-state index in [0.29, 0.717) is 17.2 Å². The molecule has 1 fully saturated rings. The molecule has 0 saturated heterocycles. The lowest BCUT2D eigenvalue weighted by molar-refractivity contribution is 0.0908. The Morgan fingerprint density at radius 2 is 2.05 bits per heavy atom. The molecule has 4 nitrogen and oxygen atoms in total. The smallest absolute Gasteiger partial charge is 0.252 e. The summed E-state index contributed by atoms with van der Waals surface area (Å²) in [5.74, 6) is 0.785. The summed E-state index contributed by atoms with van der Waals surface area (Å²) in [6.07, 6.45) is 5.81. The average Bonchev–Trinajstić information content (AvgIpc) is 2.95. The lowest BCUT2D eigenvalue weighted by atomic mass is 9.81. The van der Waals surface area contributed by atoms with E-state index in [1.54, 1.807) is 6.07 Å². The van der Waals surface area contributed by atoms with Crippen molar-refractivity contribution in [3.63, 3.8) is 0 Å². The van der Waals surface area contributed by atoms with E-state index in [2.05, 4.69) is 5.32 Å². The quantitative estimate of drug-likeness (QED) is 0.841. The Morgan fingerprint density at radius 1 is 1.29 bits per heavy atom. The molecular weight excluding hydrogens is 284 g/mol. The van der Waals surface area contributed by atoms with Crippen LogP contribution >= 0.6 is 12.2 Å². The van der Waals surface area contributed by atoms with Gasteiger partial charge in [0.2, 0.25) is 0 Å². The van der Waals surface area contributed by atoms with Gasteiger partial charge >= 0.3 is 0 Å². The van der Waals surface area contributed by atoms with Gasteiger partial charge in [0.05, 0.1) is 17.1 Å². The Kier molecular flexibility index (Phi) is 3.85. The first-order chi connectivity index (χ1) is 10.1. The van der Waals surface area contributed by atoms with Gasteiger partial charge in [0.1, 0.15) is 5.75 Å². The van der Waals surface area contributed by atoms with Crippen molar-refractivity contribution in [2.45, 2.75) is 44.1 Å². The number of amides is 1. The maximum Gasteiger partial charge on any atom is 0.252 e. The topological polar surface area (TPSA) is 64.3 Å². The third-order valence-corrected chi connectivity index (χ3v) is 4.87. The molecule has 112 valence electrons. The highest BCUT2D eigenvalue weighted by atomic mass is 32.1. The van der Waals surface area contributed by atoms with Crippen LogP contribution in [0.15, 0.2) is 18.2 Å². The second-order valence-electron chi connectivity index (χ2n) is 5.88. The summed E-state index contributed by atoms with van der Waals surface area (Å²) in [5, 5.41) is 3.09. The fourth-order valence-electron chi connectivity index (χ4n) is 3.21. The number of fused-ring (bicyclic) bond motifs is 1. The van der Waals surface area contributed by atoms with Gasteiger partial charge in [-0.25, -0.2) is 0 Å². The van der Waals surface area contributed by atoms with Crippen LogP contribution in [0.1, 0.15) is 48.0 Å². The van der Waals surface area contributed by atoms with E-state index in [4.69, 9.17) is 22.7 Å². The van der Waals surface area contributed by atoms with E-state index in [0.717, 1.165) is 43.4 Å². The van der Waals surface area contributed by atoms with Crippen LogP contribution < -0.4 is 15.8 Å². The van der Waals surface area contributed by atoms with Gasteiger partial charge in [-0.2, -0.15) is 0 Å². The van der Waals surface area contributed by atoms with Crippen molar-refractivity contribution in [2.75, 3.05) is 6.61 Å². The fourth-order valence-corrected chi connectivity index (χ4v) is 3.46. The van der Waals surface area contributed by atoms with Crippen molar-refractivity contribution in [3.05, 3.63) is 29.3 Å². The van der Waals surface area contributed by atoms with Gasteiger partial charge in [-0.15, -0.1) is 0 Å². The molecular formula is C16H20N2O2S. The van der Waals surface area contributed by atoms with E-state index in [9.17, 15) is 4.79 Å². The van der Waals surface area contributed by atoms with Crippen LogP contribution in [-0.4, -0.2) is 23.0 Å². The largest absolute Gasteiger partial charge is 0.493 e. The Bertz CT molecular complexity index is 580. The van der Waals surface area contributed by atoms with Gasteiger partial charge in [-0.05, 0) is 36.6 Å². The molecule has 21 heavy (non-hydrogen) atoms. The van der Waals surface area contributed by atoms with E-state index in [1.165, 1.54) is 6.42 Å². The summed E-state index contributed by atoms with van der Waals surface area (Å²) in [5.41, 5.74) is 7.15. The van der Waals surface area contributed by atoms with Gasteiger partial charge < -0.3 is 15.8 Å². The summed E-state index contributed by atoms with van der Waals surface area (Å²) in [4.78, 5) is 13.0. The number of thiocarbonyl (C=S) groups is 1. The molecule has 0 radical (unpaired) electrons. The maximum absolute atomic E-state index is 12.6. The molecule has 1 aliphatic carbocycles.